The molecule has 1 aliphatic heterocycles. The summed E-state index contributed by atoms with van der Waals surface area (Å²) in [4.78, 5) is 17.0. The maximum atomic E-state index is 12.5. The molecular weight excluding hydrogens is 466 g/mol. The molecule has 0 unspecified atom stereocenters. The highest BCUT2D eigenvalue weighted by atomic mass is 35.5. The highest BCUT2D eigenvalue weighted by molar-refractivity contribution is 6.30. The third-order valence-electron chi connectivity index (χ3n) is 5.83. The summed E-state index contributed by atoms with van der Waals surface area (Å²) in [5.41, 5.74) is 2.15. The van der Waals surface area contributed by atoms with E-state index in [-0.39, 0.29) is 30.5 Å². The summed E-state index contributed by atoms with van der Waals surface area (Å²) in [6, 6.07) is 24.7. The molecule has 0 spiro atoms. The number of aromatic nitrogens is 3. The Morgan fingerprint density at radius 3 is 2.46 bits per heavy atom. The van der Waals surface area contributed by atoms with Crippen molar-refractivity contribution in [3.8, 4) is 11.5 Å². The molecule has 178 valence electrons. The van der Waals surface area contributed by atoms with E-state index in [1.165, 1.54) is 0 Å². The monoisotopic (exact) mass is 489 g/mol. The molecular formula is C26H24ClN5O3. The average Bonchev–Trinajstić information content (AvgIpc) is 3.30. The number of methoxy groups -OCH3 is 1. The van der Waals surface area contributed by atoms with Crippen molar-refractivity contribution >= 4 is 29.4 Å². The molecule has 5 rings (SSSR count). The lowest BCUT2D eigenvalue weighted by molar-refractivity contribution is -0.118. The summed E-state index contributed by atoms with van der Waals surface area (Å²) in [5.74, 6) is 1.85. The smallest absolute Gasteiger partial charge is 0.264 e. The molecule has 3 aromatic carbocycles. The Bertz CT molecular complexity index is 1290. The van der Waals surface area contributed by atoms with E-state index in [2.05, 4.69) is 20.7 Å². The van der Waals surface area contributed by atoms with Crippen molar-refractivity contribution in [2.75, 3.05) is 24.4 Å². The fourth-order valence-electron chi connectivity index (χ4n) is 4.07. The van der Waals surface area contributed by atoms with Crippen LogP contribution in [-0.4, -0.2) is 34.4 Å². The molecule has 2 heterocycles. The number of amides is 1. The molecule has 0 saturated heterocycles. The topological polar surface area (TPSA) is 90.3 Å². The number of para-hydroxylation sites is 1. The molecule has 9 heteroatoms. The number of hydrogen-bond donors (Lipinski definition) is 2. The first-order valence-corrected chi connectivity index (χ1v) is 11.6. The van der Waals surface area contributed by atoms with E-state index >= 15 is 0 Å². The minimum Gasteiger partial charge on any atom is -0.497 e. The standard InChI is InChI=1S/C26H24ClN5O3/c1-34-20-13-9-17(10-14-20)22-15-23(18-7-11-19(27)12-8-18)32-26(28-22)30-25(31-32)29-24(33)16-35-21-5-3-2-4-6-21/h2-14,22-23H,15-16H2,1H3,(H2,28,29,30,31,33)/t22-,23+/m1/s1. The molecule has 0 bridgehead atoms. The minimum absolute atomic E-state index is 0.0109. The molecule has 1 aromatic heterocycles. The van der Waals surface area contributed by atoms with Gasteiger partial charge in [0.05, 0.1) is 19.2 Å². The highest BCUT2D eigenvalue weighted by Gasteiger charge is 2.31. The summed E-state index contributed by atoms with van der Waals surface area (Å²) < 4.78 is 12.6. The Hall–Kier alpha value is -4.04. The van der Waals surface area contributed by atoms with Crippen molar-refractivity contribution in [1.29, 1.82) is 0 Å². The van der Waals surface area contributed by atoms with Crippen molar-refractivity contribution in [1.82, 2.24) is 14.8 Å². The maximum Gasteiger partial charge on any atom is 0.264 e. The second-order valence-electron chi connectivity index (χ2n) is 8.13. The van der Waals surface area contributed by atoms with Crippen LogP contribution in [0.15, 0.2) is 78.9 Å². The number of rotatable bonds is 7. The van der Waals surface area contributed by atoms with Gasteiger partial charge < -0.3 is 14.8 Å². The van der Waals surface area contributed by atoms with Crippen molar-refractivity contribution in [2.24, 2.45) is 0 Å². The summed E-state index contributed by atoms with van der Waals surface area (Å²) in [5, 5.41) is 11.4. The summed E-state index contributed by atoms with van der Waals surface area (Å²) in [7, 11) is 1.65. The van der Waals surface area contributed by atoms with Crippen molar-refractivity contribution in [3.05, 3.63) is 95.0 Å². The minimum atomic E-state index is -0.341. The van der Waals surface area contributed by atoms with Crippen LogP contribution in [0.5, 0.6) is 11.5 Å². The lowest BCUT2D eigenvalue weighted by Crippen LogP contribution is -2.28. The van der Waals surface area contributed by atoms with Gasteiger partial charge in [0.1, 0.15) is 11.5 Å². The zero-order valence-electron chi connectivity index (χ0n) is 19.0. The van der Waals surface area contributed by atoms with Gasteiger partial charge in [-0.1, -0.05) is 54.1 Å². The van der Waals surface area contributed by atoms with Crippen LogP contribution in [0.4, 0.5) is 11.9 Å². The van der Waals surface area contributed by atoms with Gasteiger partial charge in [-0.3, -0.25) is 10.1 Å². The molecule has 4 aromatic rings. The fourth-order valence-corrected chi connectivity index (χ4v) is 4.20. The van der Waals surface area contributed by atoms with Crippen LogP contribution in [0.2, 0.25) is 5.02 Å². The molecule has 1 amide bonds. The largest absolute Gasteiger partial charge is 0.497 e. The number of carbonyl (C=O) groups is 1. The normalized spacial score (nSPS) is 16.6. The van der Waals surface area contributed by atoms with E-state index in [0.29, 0.717) is 16.7 Å². The van der Waals surface area contributed by atoms with Crippen LogP contribution >= 0.6 is 11.6 Å². The number of carbonyl (C=O) groups excluding carboxylic acids is 1. The Labute approximate surface area is 207 Å². The SMILES string of the molecule is COc1ccc([C@H]2C[C@@H](c3ccc(Cl)cc3)n3nc(NC(=O)COc4ccccc4)nc3N2)cc1. The predicted octanol–water partition coefficient (Wildman–Crippen LogP) is 5.10. The first-order valence-electron chi connectivity index (χ1n) is 11.2. The fraction of sp³-hybridized carbons (Fsp3) is 0.192. The lowest BCUT2D eigenvalue weighted by Gasteiger charge is -2.31. The number of benzene rings is 3. The second kappa shape index (κ2) is 10.1. The first kappa shape index (κ1) is 22.7. The van der Waals surface area contributed by atoms with Crippen LogP contribution in [0.1, 0.15) is 29.6 Å². The quantitative estimate of drug-likeness (QED) is 0.375. The number of anilines is 2. The van der Waals surface area contributed by atoms with Gasteiger partial charge in [-0.25, -0.2) is 4.68 Å². The predicted molar refractivity (Wildman–Crippen MR) is 134 cm³/mol. The molecule has 0 saturated carbocycles. The van der Waals surface area contributed by atoms with Crippen molar-refractivity contribution in [3.63, 3.8) is 0 Å². The van der Waals surface area contributed by atoms with E-state index in [4.69, 9.17) is 21.1 Å². The van der Waals surface area contributed by atoms with Gasteiger partial charge in [0.25, 0.3) is 11.9 Å². The van der Waals surface area contributed by atoms with E-state index in [1.54, 1.807) is 23.9 Å². The highest BCUT2D eigenvalue weighted by Crippen LogP contribution is 2.38. The van der Waals surface area contributed by atoms with E-state index in [9.17, 15) is 4.79 Å². The maximum absolute atomic E-state index is 12.5. The first-order chi connectivity index (χ1) is 17.1. The number of fused-ring (bicyclic) bond motifs is 1. The molecule has 2 N–H and O–H groups in total. The van der Waals surface area contributed by atoms with E-state index in [1.807, 2.05) is 66.7 Å². The summed E-state index contributed by atoms with van der Waals surface area (Å²) >= 11 is 6.12. The zero-order valence-corrected chi connectivity index (χ0v) is 19.8. The van der Waals surface area contributed by atoms with Gasteiger partial charge in [0.2, 0.25) is 5.95 Å². The zero-order chi connectivity index (χ0) is 24.2. The Morgan fingerprint density at radius 2 is 1.74 bits per heavy atom. The Kier molecular flexibility index (Phi) is 6.54. The van der Waals surface area contributed by atoms with E-state index in [0.717, 1.165) is 23.3 Å². The molecule has 35 heavy (non-hydrogen) atoms. The molecule has 2 atom stereocenters. The number of nitrogens with zero attached hydrogens (tertiary/aromatic N) is 3. The number of halogens is 1. The Morgan fingerprint density at radius 1 is 1.03 bits per heavy atom. The van der Waals surface area contributed by atoms with Crippen LogP contribution < -0.4 is 20.1 Å². The molecule has 0 fully saturated rings. The molecule has 0 radical (unpaired) electrons. The average molecular weight is 490 g/mol. The summed E-state index contributed by atoms with van der Waals surface area (Å²) in [6.45, 7) is -0.142. The van der Waals surface area contributed by atoms with Gasteiger partial charge in [0.15, 0.2) is 6.61 Å². The van der Waals surface area contributed by atoms with Gasteiger partial charge in [-0.15, -0.1) is 5.10 Å². The van der Waals surface area contributed by atoms with Crippen LogP contribution in [0.25, 0.3) is 0 Å². The second-order valence-corrected chi connectivity index (χ2v) is 8.56. The number of nitrogens with one attached hydrogen (secondary N) is 2. The lowest BCUT2D eigenvalue weighted by atomic mass is 9.93. The van der Waals surface area contributed by atoms with Gasteiger partial charge in [-0.05, 0) is 53.9 Å². The van der Waals surface area contributed by atoms with Gasteiger partial charge >= 0.3 is 0 Å². The molecule has 1 aliphatic rings. The molecule has 0 aliphatic carbocycles. The van der Waals surface area contributed by atoms with Crippen molar-refractivity contribution < 1.29 is 14.3 Å². The van der Waals surface area contributed by atoms with Crippen LogP contribution in [0, 0.1) is 0 Å². The third-order valence-corrected chi connectivity index (χ3v) is 6.08. The number of hydrogen-bond acceptors (Lipinski definition) is 6. The third kappa shape index (κ3) is 5.22. The van der Waals surface area contributed by atoms with Gasteiger partial charge in [0, 0.05) is 5.02 Å². The summed E-state index contributed by atoms with van der Waals surface area (Å²) in [6.07, 6.45) is 0.731. The van der Waals surface area contributed by atoms with Crippen LogP contribution in [-0.2, 0) is 4.79 Å². The number of ether oxygens (including phenoxy) is 2. The Balaban J connectivity index is 1.38. The van der Waals surface area contributed by atoms with E-state index < -0.39 is 0 Å². The van der Waals surface area contributed by atoms with Crippen LogP contribution in [0.3, 0.4) is 0 Å². The van der Waals surface area contributed by atoms with Gasteiger partial charge in [-0.2, -0.15) is 4.98 Å². The molecule has 8 nitrogen and oxygen atoms in total. The van der Waals surface area contributed by atoms with Crippen molar-refractivity contribution in [2.45, 2.75) is 18.5 Å².